The van der Waals surface area contributed by atoms with E-state index in [1.165, 1.54) is 50.1 Å². The zero-order valence-electron chi connectivity index (χ0n) is 21.1. The monoisotopic (exact) mass is 561 g/mol. The van der Waals surface area contributed by atoms with Crippen molar-refractivity contribution in [1.82, 2.24) is 9.80 Å². The summed E-state index contributed by atoms with van der Waals surface area (Å²) in [7, 11) is -1.43. The average molecular weight is 562 g/mol. The van der Waals surface area contributed by atoms with E-state index >= 15 is 0 Å². The molecule has 1 heterocycles. The first kappa shape index (κ1) is 27.7. The molecule has 3 aromatic rings. The maximum Gasteiger partial charge on any atom is 0.264 e. The molecule has 3 aromatic carbocycles. The first-order chi connectivity index (χ1) is 18.2. The average Bonchev–Trinajstić information content (AvgIpc) is 2.93. The van der Waals surface area contributed by atoms with Crippen molar-refractivity contribution in [3.63, 3.8) is 0 Å². The van der Waals surface area contributed by atoms with Gasteiger partial charge in [0, 0.05) is 38.8 Å². The molecule has 202 valence electrons. The van der Waals surface area contributed by atoms with Gasteiger partial charge in [-0.3, -0.25) is 14.0 Å². The molecule has 0 aromatic heterocycles. The molecule has 0 radical (unpaired) electrons. The van der Waals surface area contributed by atoms with Gasteiger partial charge < -0.3 is 14.4 Å². The normalized spacial score (nSPS) is 14.3. The Hall–Kier alpha value is -3.34. The van der Waals surface area contributed by atoms with Crippen molar-refractivity contribution in [2.24, 2.45) is 0 Å². The van der Waals surface area contributed by atoms with Crippen LogP contribution in [0.25, 0.3) is 0 Å². The summed E-state index contributed by atoms with van der Waals surface area (Å²) in [6, 6.07) is 17.8. The smallest absolute Gasteiger partial charge is 0.264 e. The number of nitrogens with zero attached hydrogens (tertiary/aromatic N) is 3. The van der Waals surface area contributed by atoms with Crippen LogP contribution in [0.5, 0.6) is 11.5 Å². The van der Waals surface area contributed by atoms with E-state index in [0.717, 1.165) is 16.9 Å². The number of hydrogen-bond acceptors (Lipinski definition) is 6. The fourth-order valence-electron chi connectivity index (χ4n) is 4.28. The van der Waals surface area contributed by atoms with E-state index < -0.39 is 22.4 Å². The number of amides is 1. The van der Waals surface area contributed by atoms with E-state index in [2.05, 4.69) is 17.0 Å². The van der Waals surface area contributed by atoms with E-state index in [9.17, 15) is 17.6 Å². The van der Waals surface area contributed by atoms with Gasteiger partial charge in [-0.1, -0.05) is 41.9 Å². The number of ether oxygens (including phenoxy) is 2. The lowest BCUT2D eigenvalue weighted by Gasteiger charge is -2.36. The number of piperazine rings is 1. The lowest BCUT2D eigenvalue weighted by molar-refractivity contribution is -0.131. The van der Waals surface area contributed by atoms with Gasteiger partial charge in [0.25, 0.3) is 10.0 Å². The van der Waals surface area contributed by atoms with Gasteiger partial charge >= 0.3 is 0 Å². The molecule has 0 saturated carbocycles. The maximum absolute atomic E-state index is 13.9. The van der Waals surface area contributed by atoms with Crippen molar-refractivity contribution in [2.75, 3.05) is 51.2 Å². The first-order valence-electron chi connectivity index (χ1n) is 12.0. The molecule has 1 aliphatic rings. The fourth-order valence-corrected chi connectivity index (χ4v) is 5.88. The summed E-state index contributed by atoms with van der Waals surface area (Å²) in [4.78, 5) is 17.1. The van der Waals surface area contributed by atoms with Crippen LogP contribution in [0.1, 0.15) is 5.56 Å². The van der Waals surface area contributed by atoms with E-state index in [0.29, 0.717) is 31.9 Å². The predicted molar refractivity (Wildman–Crippen MR) is 144 cm³/mol. The topological polar surface area (TPSA) is 79.4 Å². The van der Waals surface area contributed by atoms with E-state index in [4.69, 9.17) is 21.1 Å². The van der Waals surface area contributed by atoms with Crippen LogP contribution in [0.15, 0.2) is 71.6 Å². The second-order valence-corrected chi connectivity index (χ2v) is 11.0. The summed E-state index contributed by atoms with van der Waals surface area (Å²) in [5, 5.41) is -0.253. The first-order valence-corrected chi connectivity index (χ1v) is 13.8. The van der Waals surface area contributed by atoms with Crippen LogP contribution in [0.2, 0.25) is 5.02 Å². The van der Waals surface area contributed by atoms with Gasteiger partial charge in [0.1, 0.15) is 12.4 Å². The minimum absolute atomic E-state index is 0.0715. The Balaban J connectivity index is 1.56. The SMILES string of the molecule is COc1ccc(S(=O)(=O)N(CC(=O)N2CCN(Cc3ccccc3)CC2)c2ccc(F)c(Cl)c2)cc1OC. The molecule has 8 nitrogen and oxygen atoms in total. The fraction of sp³-hybridized carbons (Fsp3) is 0.296. The van der Waals surface area contributed by atoms with Crippen LogP contribution in [-0.4, -0.2) is 71.1 Å². The molecule has 1 fully saturated rings. The van der Waals surface area contributed by atoms with Crippen molar-refractivity contribution >= 4 is 33.2 Å². The molecule has 38 heavy (non-hydrogen) atoms. The van der Waals surface area contributed by atoms with Crippen LogP contribution in [0.3, 0.4) is 0 Å². The Morgan fingerprint density at radius 3 is 2.26 bits per heavy atom. The molecular weight excluding hydrogens is 533 g/mol. The molecule has 0 N–H and O–H groups in total. The Kier molecular flexibility index (Phi) is 8.76. The van der Waals surface area contributed by atoms with Gasteiger partial charge in [0.15, 0.2) is 11.5 Å². The summed E-state index contributed by atoms with van der Waals surface area (Å²) >= 11 is 5.98. The molecule has 1 amide bonds. The lowest BCUT2D eigenvalue weighted by Crippen LogP contribution is -2.51. The van der Waals surface area contributed by atoms with Crippen molar-refractivity contribution in [1.29, 1.82) is 0 Å². The highest BCUT2D eigenvalue weighted by Gasteiger charge is 2.31. The molecule has 1 aliphatic heterocycles. The summed E-state index contributed by atoms with van der Waals surface area (Å²) < 4.78 is 52.9. The molecule has 0 aliphatic carbocycles. The number of sulfonamides is 1. The number of halogens is 2. The van der Waals surface area contributed by atoms with E-state index in [1.54, 1.807) is 4.90 Å². The van der Waals surface area contributed by atoms with Crippen LogP contribution >= 0.6 is 11.6 Å². The largest absolute Gasteiger partial charge is 0.493 e. The second-order valence-electron chi connectivity index (χ2n) is 8.77. The maximum atomic E-state index is 13.9. The van der Waals surface area contributed by atoms with Crippen molar-refractivity contribution in [3.8, 4) is 11.5 Å². The quantitative estimate of drug-likeness (QED) is 0.392. The van der Waals surface area contributed by atoms with Crippen molar-refractivity contribution in [2.45, 2.75) is 11.4 Å². The minimum atomic E-state index is -4.27. The Labute approximate surface area is 227 Å². The molecule has 4 rings (SSSR count). The molecule has 0 spiro atoms. The highest BCUT2D eigenvalue weighted by molar-refractivity contribution is 7.92. The van der Waals surface area contributed by atoms with E-state index in [-0.39, 0.29) is 27.3 Å². The summed E-state index contributed by atoms with van der Waals surface area (Å²) in [5.41, 5.74) is 1.26. The molecule has 0 bridgehead atoms. The third-order valence-corrected chi connectivity index (χ3v) is 8.45. The molecule has 0 unspecified atom stereocenters. The van der Waals surface area contributed by atoms with Gasteiger partial charge in [0.2, 0.25) is 5.91 Å². The number of carbonyl (C=O) groups excluding carboxylic acids is 1. The highest BCUT2D eigenvalue weighted by atomic mass is 35.5. The number of anilines is 1. The third kappa shape index (κ3) is 6.20. The standard InChI is InChI=1S/C27H29ClFN3O5S/c1-36-25-11-9-22(17-26(25)37-2)38(34,35)32(21-8-10-24(29)23(28)16-21)19-27(33)31-14-12-30(13-15-31)18-20-6-4-3-5-7-20/h3-11,16-17H,12-15,18-19H2,1-2H3. The number of benzene rings is 3. The van der Waals surface area contributed by atoms with Gasteiger partial charge in [-0.25, -0.2) is 12.8 Å². The number of hydrogen-bond donors (Lipinski definition) is 0. The van der Waals surface area contributed by atoms with Crippen LogP contribution in [-0.2, 0) is 21.4 Å². The zero-order chi connectivity index (χ0) is 27.3. The number of methoxy groups -OCH3 is 2. The molecule has 0 atom stereocenters. The molecule has 11 heteroatoms. The van der Waals surface area contributed by atoms with Crippen LogP contribution in [0, 0.1) is 5.82 Å². The molecule has 1 saturated heterocycles. The van der Waals surface area contributed by atoms with Gasteiger partial charge in [-0.05, 0) is 35.9 Å². The summed E-state index contributed by atoms with van der Waals surface area (Å²) in [6.07, 6.45) is 0. The Morgan fingerprint density at radius 2 is 1.63 bits per heavy atom. The highest BCUT2D eigenvalue weighted by Crippen LogP contribution is 2.33. The molecular formula is C27H29ClFN3O5S. The zero-order valence-corrected chi connectivity index (χ0v) is 22.7. The summed E-state index contributed by atoms with van der Waals surface area (Å²) in [6.45, 7) is 2.53. The van der Waals surface area contributed by atoms with Gasteiger partial charge in [0.05, 0.1) is 29.8 Å². The third-order valence-electron chi connectivity index (χ3n) is 6.39. The number of carbonyl (C=O) groups is 1. The van der Waals surface area contributed by atoms with Crippen LogP contribution in [0.4, 0.5) is 10.1 Å². The number of rotatable bonds is 9. The van der Waals surface area contributed by atoms with Gasteiger partial charge in [-0.15, -0.1) is 0 Å². The predicted octanol–water partition coefficient (Wildman–Crippen LogP) is 4.04. The summed E-state index contributed by atoms with van der Waals surface area (Å²) in [5.74, 6) is -0.493. The Morgan fingerprint density at radius 1 is 0.947 bits per heavy atom. The van der Waals surface area contributed by atoms with Gasteiger partial charge in [-0.2, -0.15) is 0 Å². The lowest BCUT2D eigenvalue weighted by atomic mass is 10.2. The van der Waals surface area contributed by atoms with Crippen molar-refractivity contribution in [3.05, 3.63) is 83.1 Å². The van der Waals surface area contributed by atoms with Crippen LogP contribution < -0.4 is 13.8 Å². The Bertz CT molecular complexity index is 1380. The van der Waals surface area contributed by atoms with E-state index in [1.807, 2.05) is 18.2 Å². The second kappa shape index (κ2) is 12.0. The minimum Gasteiger partial charge on any atom is -0.493 e. The van der Waals surface area contributed by atoms with Crippen molar-refractivity contribution < 1.29 is 27.1 Å².